The predicted octanol–water partition coefficient (Wildman–Crippen LogP) is 8.78. The van der Waals surface area contributed by atoms with Gasteiger partial charge in [-0.05, 0) is 47.0 Å². The molecule has 0 saturated heterocycles. The van der Waals surface area contributed by atoms with E-state index in [1.807, 2.05) is 0 Å². The molecule has 264 valence electrons. The Bertz CT molecular complexity index is 712. The largest absolute Gasteiger partial charge is 0.464 e. The van der Waals surface area contributed by atoms with Crippen molar-refractivity contribution in [3.8, 4) is 0 Å². The molecular formula is C37H70N2O6. The van der Waals surface area contributed by atoms with Crippen molar-refractivity contribution in [1.29, 1.82) is 0 Å². The monoisotopic (exact) mass is 639 g/mol. The highest BCUT2D eigenvalue weighted by Gasteiger charge is 2.29. The van der Waals surface area contributed by atoms with Gasteiger partial charge in [0.05, 0.1) is 13.2 Å². The van der Waals surface area contributed by atoms with Crippen molar-refractivity contribution in [2.24, 2.45) is 0 Å². The van der Waals surface area contributed by atoms with E-state index in [0.29, 0.717) is 32.4 Å². The quantitative estimate of drug-likeness (QED) is 0.0577. The molecule has 0 aliphatic carbocycles. The van der Waals surface area contributed by atoms with E-state index in [4.69, 9.17) is 9.47 Å². The zero-order chi connectivity index (χ0) is 33.7. The van der Waals surface area contributed by atoms with Crippen LogP contribution in [0.15, 0.2) is 0 Å². The number of esters is 2. The molecule has 2 atom stereocenters. The van der Waals surface area contributed by atoms with Gasteiger partial charge in [-0.25, -0.2) is 9.59 Å². The highest BCUT2D eigenvalue weighted by Crippen LogP contribution is 2.16. The summed E-state index contributed by atoms with van der Waals surface area (Å²) in [6.07, 6.45) is 22.2. The second-order valence-electron chi connectivity index (χ2n) is 12.5. The van der Waals surface area contributed by atoms with Gasteiger partial charge in [-0.3, -0.25) is 9.59 Å². The number of carbonyl (C=O) groups excluding carboxylic acids is 4. The molecule has 0 aromatic heterocycles. The van der Waals surface area contributed by atoms with Gasteiger partial charge in [0.1, 0.15) is 12.1 Å². The van der Waals surface area contributed by atoms with E-state index in [9.17, 15) is 19.2 Å². The average Bonchev–Trinajstić information content (AvgIpc) is 3.02. The second-order valence-corrected chi connectivity index (χ2v) is 12.5. The summed E-state index contributed by atoms with van der Waals surface area (Å²) < 4.78 is 10.5. The number of hydrogen-bond acceptors (Lipinski definition) is 6. The summed E-state index contributed by atoms with van der Waals surface area (Å²) in [5.74, 6) is -0.971. The van der Waals surface area contributed by atoms with Crippen molar-refractivity contribution >= 4 is 23.8 Å². The molecule has 0 aromatic rings. The molecule has 0 fully saturated rings. The van der Waals surface area contributed by atoms with Gasteiger partial charge in [0.15, 0.2) is 0 Å². The number of hydrogen-bond donors (Lipinski definition) is 0. The molecule has 0 heterocycles. The third-order valence-electron chi connectivity index (χ3n) is 8.62. The predicted molar refractivity (Wildman–Crippen MR) is 184 cm³/mol. The number of unbranched alkanes of at least 4 members (excludes halogenated alkanes) is 16. The summed E-state index contributed by atoms with van der Waals surface area (Å²) in [5.41, 5.74) is 0. The van der Waals surface area contributed by atoms with Crippen LogP contribution in [0.1, 0.15) is 176 Å². The van der Waals surface area contributed by atoms with Gasteiger partial charge in [0.25, 0.3) is 0 Å². The van der Waals surface area contributed by atoms with Crippen molar-refractivity contribution < 1.29 is 28.7 Å². The van der Waals surface area contributed by atoms with Crippen LogP contribution >= 0.6 is 0 Å². The third-order valence-corrected chi connectivity index (χ3v) is 8.62. The molecule has 45 heavy (non-hydrogen) atoms. The van der Waals surface area contributed by atoms with Gasteiger partial charge in [0.2, 0.25) is 11.8 Å². The molecule has 0 spiro atoms. The third kappa shape index (κ3) is 21.3. The van der Waals surface area contributed by atoms with E-state index in [0.717, 1.165) is 38.5 Å². The Morgan fingerprint density at radius 1 is 0.444 bits per heavy atom. The number of amides is 2. The molecule has 0 bridgehead atoms. The molecule has 0 aromatic carbocycles. The van der Waals surface area contributed by atoms with E-state index in [1.54, 1.807) is 37.5 Å². The molecule has 0 rings (SSSR count). The molecule has 0 N–H and O–H groups in total. The Morgan fingerprint density at radius 2 is 0.733 bits per heavy atom. The normalized spacial score (nSPS) is 12.4. The van der Waals surface area contributed by atoms with Crippen LogP contribution in [-0.4, -0.2) is 71.9 Å². The first-order valence-electron chi connectivity index (χ1n) is 18.7. The maximum absolute atomic E-state index is 13.3. The number of rotatable bonds is 30. The highest BCUT2D eigenvalue weighted by molar-refractivity contribution is 5.85. The van der Waals surface area contributed by atoms with Crippen molar-refractivity contribution in [1.82, 2.24) is 9.80 Å². The molecule has 0 aliphatic heterocycles. The first-order valence-corrected chi connectivity index (χ1v) is 18.7. The van der Waals surface area contributed by atoms with Gasteiger partial charge in [-0.1, -0.05) is 117 Å². The summed E-state index contributed by atoms with van der Waals surface area (Å²) >= 11 is 0. The number of nitrogens with zero attached hydrogens (tertiary/aromatic N) is 2. The minimum atomic E-state index is -0.704. The molecular weight excluding hydrogens is 568 g/mol. The molecule has 0 saturated carbocycles. The summed E-state index contributed by atoms with van der Waals surface area (Å²) in [6.45, 7) is 12.5. The van der Waals surface area contributed by atoms with Crippen LogP contribution < -0.4 is 0 Å². The zero-order valence-electron chi connectivity index (χ0n) is 30.2. The Balaban J connectivity index is 5.06. The van der Waals surface area contributed by atoms with Crippen LogP contribution in [0.2, 0.25) is 0 Å². The summed E-state index contributed by atoms with van der Waals surface area (Å²) in [6, 6.07) is -1.41. The molecule has 8 heteroatoms. The lowest BCUT2D eigenvalue weighted by Crippen LogP contribution is -2.47. The minimum absolute atomic E-state index is 0.0653. The fourth-order valence-corrected chi connectivity index (χ4v) is 5.72. The maximum Gasteiger partial charge on any atom is 0.328 e. The van der Waals surface area contributed by atoms with Gasteiger partial charge < -0.3 is 19.3 Å². The van der Waals surface area contributed by atoms with Gasteiger partial charge in [0, 0.05) is 25.9 Å². The Morgan fingerprint density at radius 3 is 1.02 bits per heavy atom. The number of carbonyl (C=O) groups is 4. The van der Waals surface area contributed by atoms with Crippen LogP contribution in [0.25, 0.3) is 0 Å². The zero-order valence-corrected chi connectivity index (χ0v) is 30.2. The molecule has 0 aliphatic rings. The summed E-state index contributed by atoms with van der Waals surface area (Å²) in [4.78, 5) is 55.0. The molecule has 0 radical (unpaired) electrons. The second kappa shape index (κ2) is 29.3. The van der Waals surface area contributed by atoms with E-state index in [1.165, 1.54) is 77.0 Å². The van der Waals surface area contributed by atoms with E-state index < -0.39 is 24.0 Å². The Hall–Kier alpha value is -2.12. The Labute approximate surface area is 276 Å². The van der Waals surface area contributed by atoms with E-state index in [-0.39, 0.29) is 25.0 Å². The first kappa shape index (κ1) is 42.9. The van der Waals surface area contributed by atoms with Crippen molar-refractivity contribution in [2.75, 3.05) is 26.3 Å². The van der Waals surface area contributed by atoms with E-state index in [2.05, 4.69) is 13.8 Å². The van der Waals surface area contributed by atoms with Crippen molar-refractivity contribution in [2.45, 2.75) is 188 Å². The van der Waals surface area contributed by atoms with Crippen LogP contribution in [0.4, 0.5) is 0 Å². The number of ether oxygens (including phenoxy) is 2. The topological polar surface area (TPSA) is 93.2 Å². The van der Waals surface area contributed by atoms with Gasteiger partial charge >= 0.3 is 11.9 Å². The van der Waals surface area contributed by atoms with E-state index >= 15 is 0 Å². The van der Waals surface area contributed by atoms with Crippen LogP contribution in [-0.2, 0) is 28.7 Å². The molecule has 2 unspecified atom stereocenters. The van der Waals surface area contributed by atoms with Crippen LogP contribution in [0.3, 0.4) is 0 Å². The van der Waals surface area contributed by atoms with Gasteiger partial charge in [-0.15, -0.1) is 0 Å². The lowest BCUT2D eigenvalue weighted by atomic mass is 10.1. The standard InChI is InChI=1S/C37H70N2O6/c1-7-11-13-15-17-19-21-23-25-28-34(40)38(32(5)36(42)44-9-3)30-27-31-39(33(6)37(43)45-10-4)35(41)29-26-24-22-20-18-16-14-12-8-2/h32-33H,7-31H2,1-6H3. The fourth-order valence-electron chi connectivity index (χ4n) is 5.72. The average molecular weight is 639 g/mol. The minimum Gasteiger partial charge on any atom is -0.464 e. The lowest BCUT2D eigenvalue weighted by molar-refractivity contribution is -0.155. The lowest BCUT2D eigenvalue weighted by Gasteiger charge is -2.31. The highest BCUT2D eigenvalue weighted by atomic mass is 16.5. The fraction of sp³-hybridized carbons (Fsp3) is 0.892. The smallest absolute Gasteiger partial charge is 0.328 e. The van der Waals surface area contributed by atoms with Crippen molar-refractivity contribution in [3.63, 3.8) is 0 Å². The molecule has 2 amide bonds. The summed E-state index contributed by atoms with van der Waals surface area (Å²) in [7, 11) is 0. The maximum atomic E-state index is 13.3. The van der Waals surface area contributed by atoms with Crippen LogP contribution in [0.5, 0.6) is 0 Å². The van der Waals surface area contributed by atoms with Crippen LogP contribution in [0, 0.1) is 0 Å². The summed E-state index contributed by atoms with van der Waals surface area (Å²) in [5, 5.41) is 0. The SMILES string of the molecule is CCCCCCCCCCCC(=O)N(CCCN(C(=O)CCCCCCCCCCC)C(C)C(=O)OCC)C(C)C(=O)OCC. The Kier molecular flexibility index (Phi) is 27.9. The van der Waals surface area contributed by atoms with Gasteiger partial charge in [-0.2, -0.15) is 0 Å². The van der Waals surface area contributed by atoms with Crippen molar-refractivity contribution in [3.05, 3.63) is 0 Å². The first-order chi connectivity index (χ1) is 21.7. The molecule has 8 nitrogen and oxygen atoms in total.